The molecule has 0 fully saturated rings. The highest BCUT2D eigenvalue weighted by Gasteiger charge is 2.06. The molecule has 2 aromatic carbocycles. The predicted molar refractivity (Wildman–Crippen MR) is 73.7 cm³/mol. The average Bonchev–Trinajstić information content (AvgIpc) is 2.38. The van der Waals surface area contributed by atoms with E-state index in [1.54, 1.807) is 0 Å². The molecule has 0 aliphatic heterocycles. The molecule has 17 heavy (non-hydrogen) atoms. The fraction of sp³-hybridized carbons (Fsp3) is 0.333. The van der Waals surface area contributed by atoms with Gasteiger partial charge in [0, 0.05) is 6.04 Å². The molecule has 2 heteroatoms. The molecular formula is C15H20N2. The van der Waals surface area contributed by atoms with Gasteiger partial charge in [0.25, 0.3) is 0 Å². The molecule has 2 aromatic rings. The minimum atomic E-state index is 0.376. The molecule has 90 valence electrons. The van der Waals surface area contributed by atoms with Gasteiger partial charge in [-0.15, -0.1) is 0 Å². The van der Waals surface area contributed by atoms with Gasteiger partial charge in [-0.1, -0.05) is 55.8 Å². The van der Waals surface area contributed by atoms with Crippen molar-refractivity contribution in [3.63, 3.8) is 0 Å². The summed E-state index contributed by atoms with van der Waals surface area (Å²) in [7, 11) is 0. The van der Waals surface area contributed by atoms with Crippen LogP contribution in [0.1, 0.15) is 25.3 Å². The van der Waals surface area contributed by atoms with Crippen molar-refractivity contribution in [3.05, 3.63) is 48.0 Å². The highest BCUT2D eigenvalue weighted by Crippen LogP contribution is 2.17. The summed E-state index contributed by atoms with van der Waals surface area (Å²) in [5.74, 6) is 5.57. The standard InChI is InChI=1S/C15H20N2/c1-2-5-15(17-16)11-12-8-9-13-6-3-4-7-14(13)10-12/h3-4,6-10,15,17H,2,5,11,16H2,1H3. The van der Waals surface area contributed by atoms with E-state index in [1.807, 2.05) is 0 Å². The molecule has 1 unspecified atom stereocenters. The van der Waals surface area contributed by atoms with Gasteiger partial charge in [-0.3, -0.25) is 11.3 Å². The van der Waals surface area contributed by atoms with E-state index in [9.17, 15) is 0 Å². The van der Waals surface area contributed by atoms with Crippen LogP contribution in [0.15, 0.2) is 42.5 Å². The third-order valence-corrected chi connectivity index (χ3v) is 3.17. The van der Waals surface area contributed by atoms with Crippen LogP contribution >= 0.6 is 0 Å². The maximum absolute atomic E-state index is 5.57. The van der Waals surface area contributed by atoms with Crippen molar-refractivity contribution in [2.75, 3.05) is 0 Å². The fourth-order valence-corrected chi connectivity index (χ4v) is 2.24. The third kappa shape index (κ3) is 3.05. The molecule has 0 saturated heterocycles. The lowest BCUT2D eigenvalue weighted by Gasteiger charge is -2.15. The summed E-state index contributed by atoms with van der Waals surface area (Å²) >= 11 is 0. The van der Waals surface area contributed by atoms with E-state index >= 15 is 0 Å². The Morgan fingerprint density at radius 3 is 2.59 bits per heavy atom. The second-order valence-electron chi connectivity index (χ2n) is 4.54. The number of benzene rings is 2. The second kappa shape index (κ2) is 5.80. The summed E-state index contributed by atoms with van der Waals surface area (Å²) < 4.78 is 0. The first-order valence-corrected chi connectivity index (χ1v) is 6.27. The van der Waals surface area contributed by atoms with Gasteiger partial charge in [-0.25, -0.2) is 0 Å². The maximum Gasteiger partial charge on any atom is 0.0250 e. The number of nitrogens with one attached hydrogen (secondary N) is 1. The second-order valence-corrected chi connectivity index (χ2v) is 4.54. The van der Waals surface area contributed by atoms with E-state index in [4.69, 9.17) is 5.84 Å². The zero-order chi connectivity index (χ0) is 12.1. The summed E-state index contributed by atoms with van der Waals surface area (Å²) in [5.41, 5.74) is 4.25. The van der Waals surface area contributed by atoms with Crippen molar-refractivity contribution in [1.29, 1.82) is 0 Å². The van der Waals surface area contributed by atoms with E-state index in [2.05, 4.69) is 54.8 Å². The summed E-state index contributed by atoms with van der Waals surface area (Å²) in [6.07, 6.45) is 3.26. The van der Waals surface area contributed by atoms with Crippen molar-refractivity contribution >= 4 is 10.8 Å². The van der Waals surface area contributed by atoms with Gasteiger partial charge in [0.05, 0.1) is 0 Å². The van der Waals surface area contributed by atoms with Gasteiger partial charge in [0.15, 0.2) is 0 Å². The molecule has 0 aromatic heterocycles. The van der Waals surface area contributed by atoms with Gasteiger partial charge in [-0.05, 0) is 29.2 Å². The Hall–Kier alpha value is -1.38. The first kappa shape index (κ1) is 12.1. The minimum absolute atomic E-state index is 0.376. The van der Waals surface area contributed by atoms with Crippen molar-refractivity contribution in [3.8, 4) is 0 Å². The Morgan fingerprint density at radius 2 is 1.88 bits per heavy atom. The molecule has 0 aliphatic rings. The Balaban J connectivity index is 2.18. The number of hydrazine groups is 1. The minimum Gasteiger partial charge on any atom is -0.271 e. The molecule has 1 atom stereocenters. The van der Waals surface area contributed by atoms with Crippen LogP contribution in [0.25, 0.3) is 10.8 Å². The molecule has 0 radical (unpaired) electrons. The zero-order valence-electron chi connectivity index (χ0n) is 10.3. The van der Waals surface area contributed by atoms with Gasteiger partial charge in [0.1, 0.15) is 0 Å². The number of hydrogen-bond donors (Lipinski definition) is 2. The molecule has 0 aliphatic carbocycles. The number of fused-ring (bicyclic) bond motifs is 1. The number of rotatable bonds is 5. The van der Waals surface area contributed by atoms with E-state index in [0.717, 1.165) is 19.3 Å². The Bertz CT molecular complexity index is 479. The zero-order valence-corrected chi connectivity index (χ0v) is 10.3. The molecule has 2 nitrogen and oxygen atoms in total. The summed E-state index contributed by atoms with van der Waals surface area (Å²) in [6.45, 7) is 2.19. The Morgan fingerprint density at radius 1 is 1.12 bits per heavy atom. The molecule has 2 rings (SSSR count). The van der Waals surface area contributed by atoms with Crippen LogP contribution < -0.4 is 11.3 Å². The Labute approximate surface area is 103 Å². The van der Waals surface area contributed by atoms with Crippen LogP contribution in [-0.4, -0.2) is 6.04 Å². The predicted octanol–water partition coefficient (Wildman–Crippen LogP) is 3.01. The fourth-order valence-electron chi connectivity index (χ4n) is 2.24. The lowest BCUT2D eigenvalue weighted by Crippen LogP contribution is -2.36. The molecule has 0 bridgehead atoms. The molecular weight excluding hydrogens is 208 g/mol. The normalized spacial score (nSPS) is 12.8. The Kier molecular flexibility index (Phi) is 4.13. The largest absolute Gasteiger partial charge is 0.271 e. The summed E-state index contributed by atoms with van der Waals surface area (Å²) in [5, 5.41) is 2.60. The number of hydrogen-bond acceptors (Lipinski definition) is 2. The van der Waals surface area contributed by atoms with Crippen LogP contribution in [0, 0.1) is 0 Å². The lowest BCUT2D eigenvalue weighted by atomic mass is 10.00. The van der Waals surface area contributed by atoms with Crippen molar-refractivity contribution in [2.24, 2.45) is 5.84 Å². The van der Waals surface area contributed by atoms with Crippen LogP contribution in [-0.2, 0) is 6.42 Å². The molecule has 0 saturated carbocycles. The smallest absolute Gasteiger partial charge is 0.0250 e. The van der Waals surface area contributed by atoms with Gasteiger partial charge >= 0.3 is 0 Å². The van der Waals surface area contributed by atoms with E-state index < -0.39 is 0 Å². The van der Waals surface area contributed by atoms with Gasteiger partial charge in [-0.2, -0.15) is 0 Å². The SMILES string of the molecule is CCCC(Cc1ccc2ccccc2c1)NN. The quantitative estimate of drug-likeness (QED) is 0.610. The third-order valence-electron chi connectivity index (χ3n) is 3.17. The van der Waals surface area contributed by atoms with Crippen LogP contribution in [0.3, 0.4) is 0 Å². The van der Waals surface area contributed by atoms with Crippen LogP contribution in [0.2, 0.25) is 0 Å². The van der Waals surface area contributed by atoms with E-state index in [-0.39, 0.29) is 0 Å². The van der Waals surface area contributed by atoms with Crippen molar-refractivity contribution in [2.45, 2.75) is 32.2 Å². The number of nitrogens with two attached hydrogens (primary N) is 1. The van der Waals surface area contributed by atoms with Gasteiger partial charge in [0.2, 0.25) is 0 Å². The van der Waals surface area contributed by atoms with E-state index in [1.165, 1.54) is 16.3 Å². The monoisotopic (exact) mass is 228 g/mol. The molecule has 0 spiro atoms. The molecule has 0 amide bonds. The lowest BCUT2D eigenvalue weighted by molar-refractivity contribution is 0.486. The van der Waals surface area contributed by atoms with Crippen LogP contribution in [0.5, 0.6) is 0 Å². The highest BCUT2D eigenvalue weighted by molar-refractivity contribution is 5.82. The summed E-state index contributed by atoms with van der Waals surface area (Å²) in [4.78, 5) is 0. The van der Waals surface area contributed by atoms with Gasteiger partial charge < -0.3 is 0 Å². The summed E-state index contributed by atoms with van der Waals surface area (Å²) in [6, 6.07) is 15.5. The molecule has 3 N–H and O–H groups in total. The molecule has 0 heterocycles. The first-order chi connectivity index (χ1) is 8.33. The van der Waals surface area contributed by atoms with Crippen molar-refractivity contribution < 1.29 is 0 Å². The topological polar surface area (TPSA) is 38.0 Å². The maximum atomic E-state index is 5.57. The van der Waals surface area contributed by atoms with E-state index in [0.29, 0.717) is 6.04 Å². The van der Waals surface area contributed by atoms with Crippen molar-refractivity contribution in [1.82, 2.24) is 5.43 Å². The highest BCUT2D eigenvalue weighted by atomic mass is 15.2. The average molecular weight is 228 g/mol. The first-order valence-electron chi connectivity index (χ1n) is 6.27. The van der Waals surface area contributed by atoms with Crippen LogP contribution in [0.4, 0.5) is 0 Å².